The Morgan fingerprint density at radius 2 is 1.61 bits per heavy atom. The summed E-state index contributed by atoms with van der Waals surface area (Å²) in [5.74, 6) is -0.866. The minimum Gasteiger partial charge on any atom is -0.496 e. The predicted molar refractivity (Wildman–Crippen MR) is 125 cm³/mol. The first-order chi connectivity index (χ1) is 15.9. The summed E-state index contributed by atoms with van der Waals surface area (Å²) in [5, 5.41) is 17.2. The van der Waals surface area contributed by atoms with Gasteiger partial charge in [-0.05, 0) is 33.7 Å². The maximum absolute atomic E-state index is 13.4. The third-order valence-corrected chi connectivity index (χ3v) is 5.55. The van der Waals surface area contributed by atoms with Crippen LogP contribution in [0.1, 0.15) is 15.9 Å². The Labute approximate surface area is 189 Å². The number of methoxy groups -OCH3 is 1. The van der Waals surface area contributed by atoms with Crippen LogP contribution in [0.2, 0.25) is 0 Å². The Morgan fingerprint density at radius 3 is 2.15 bits per heavy atom. The highest BCUT2D eigenvalue weighted by atomic mass is 16.6. The van der Waals surface area contributed by atoms with Crippen molar-refractivity contribution in [3.63, 3.8) is 0 Å². The van der Waals surface area contributed by atoms with Crippen molar-refractivity contribution >= 4 is 39.0 Å². The molecule has 166 valence electrons. The molecule has 4 rings (SSSR count). The Morgan fingerprint density at radius 1 is 1.00 bits per heavy atom. The van der Waals surface area contributed by atoms with Crippen molar-refractivity contribution < 1.29 is 19.2 Å². The SMILES string of the molecule is COc1ccc([N+](=O)[O-])cc1C[C@@H](NC(=O)c1c2ccccc2cc2ccccc12)C(N)=O. The van der Waals surface area contributed by atoms with Crippen LogP contribution >= 0.6 is 0 Å². The lowest BCUT2D eigenvalue weighted by atomic mass is 9.95. The van der Waals surface area contributed by atoms with Gasteiger partial charge in [-0.2, -0.15) is 0 Å². The van der Waals surface area contributed by atoms with Gasteiger partial charge in [-0.15, -0.1) is 0 Å². The molecule has 2 amide bonds. The summed E-state index contributed by atoms with van der Waals surface area (Å²) in [6.07, 6.45) is -0.0609. The second-order valence-corrected chi connectivity index (χ2v) is 7.58. The Bertz CT molecular complexity index is 1350. The topological polar surface area (TPSA) is 125 Å². The highest BCUT2D eigenvalue weighted by Gasteiger charge is 2.24. The van der Waals surface area contributed by atoms with Crippen molar-refractivity contribution in [3.05, 3.63) is 94.0 Å². The van der Waals surface area contributed by atoms with E-state index in [1.807, 2.05) is 54.6 Å². The third kappa shape index (κ3) is 4.31. The Kier molecular flexibility index (Phi) is 5.91. The number of hydrogen-bond acceptors (Lipinski definition) is 5. The molecule has 4 aromatic rings. The Hall–Kier alpha value is -4.46. The second kappa shape index (κ2) is 8.96. The number of fused-ring (bicyclic) bond motifs is 2. The fraction of sp³-hybridized carbons (Fsp3) is 0.120. The molecular formula is C25H21N3O5. The van der Waals surface area contributed by atoms with E-state index in [0.717, 1.165) is 21.5 Å². The fourth-order valence-electron chi connectivity index (χ4n) is 3.97. The van der Waals surface area contributed by atoms with E-state index in [4.69, 9.17) is 10.5 Å². The van der Waals surface area contributed by atoms with Crippen LogP contribution in [-0.2, 0) is 11.2 Å². The van der Waals surface area contributed by atoms with E-state index in [2.05, 4.69) is 5.32 Å². The second-order valence-electron chi connectivity index (χ2n) is 7.58. The minimum atomic E-state index is -1.11. The van der Waals surface area contributed by atoms with E-state index >= 15 is 0 Å². The van der Waals surface area contributed by atoms with E-state index in [-0.39, 0.29) is 12.1 Å². The lowest BCUT2D eigenvalue weighted by Crippen LogP contribution is -2.46. The van der Waals surface area contributed by atoms with Crippen molar-refractivity contribution in [2.45, 2.75) is 12.5 Å². The van der Waals surface area contributed by atoms with Gasteiger partial charge in [-0.25, -0.2) is 0 Å². The quantitative estimate of drug-likeness (QED) is 0.256. The molecule has 0 radical (unpaired) electrons. The number of nitro groups is 1. The number of amides is 2. The Balaban J connectivity index is 1.74. The first-order valence-corrected chi connectivity index (χ1v) is 10.2. The van der Waals surface area contributed by atoms with Gasteiger partial charge in [0.25, 0.3) is 11.6 Å². The van der Waals surface area contributed by atoms with Crippen LogP contribution in [0.25, 0.3) is 21.5 Å². The average Bonchev–Trinajstić information content (AvgIpc) is 2.81. The third-order valence-electron chi connectivity index (χ3n) is 5.55. The van der Waals surface area contributed by atoms with Gasteiger partial charge in [-0.3, -0.25) is 19.7 Å². The smallest absolute Gasteiger partial charge is 0.269 e. The number of carbonyl (C=O) groups excluding carboxylic acids is 2. The number of carbonyl (C=O) groups is 2. The van der Waals surface area contributed by atoms with E-state index in [0.29, 0.717) is 16.9 Å². The number of hydrogen-bond donors (Lipinski definition) is 2. The molecule has 4 aromatic carbocycles. The van der Waals surface area contributed by atoms with Crippen molar-refractivity contribution in [1.29, 1.82) is 0 Å². The molecule has 0 bridgehead atoms. The molecule has 0 heterocycles. The summed E-state index contributed by atoms with van der Waals surface area (Å²) in [6.45, 7) is 0. The molecule has 33 heavy (non-hydrogen) atoms. The molecule has 8 heteroatoms. The first-order valence-electron chi connectivity index (χ1n) is 10.2. The van der Waals surface area contributed by atoms with Crippen LogP contribution in [0.5, 0.6) is 5.75 Å². The standard InChI is InChI=1S/C25H21N3O5/c1-33-22-11-10-18(28(31)32)13-17(22)14-21(24(26)29)27-25(30)23-19-8-4-2-6-15(19)12-16-7-3-5-9-20(16)23/h2-13,21H,14H2,1H3,(H2,26,29)(H,27,30)/t21-/m1/s1. The van der Waals surface area contributed by atoms with E-state index in [1.165, 1.54) is 25.3 Å². The van der Waals surface area contributed by atoms with Gasteiger partial charge in [0.2, 0.25) is 5.91 Å². The fourth-order valence-corrected chi connectivity index (χ4v) is 3.97. The van der Waals surface area contributed by atoms with Crippen LogP contribution < -0.4 is 15.8 Å². The maximum Gasteiger partial charge on any atom is 0.269 e. The summed E-state index contributed by atoms with van der Waals surface area (Å²) < 4.78 is 5.28. The van der Waals surface area contributed by atoms with Gasteiger partial charge in [-0.1, -0.05) is 48.5 Å². The number of nitrogens with one attached hydrogen (secondary N) is 1. The van der Waals surface area contributed by atoms with Gasteiger partial charge >= 0.3 is 0 Å². The molecule has 0 aliphatic rings. The molecule has 0 fully saturated rings. The number of rotatable bonds is 7. The molecule has 0 aliphatic carbocycles. The van der Waals surface area contributed by atoms with Crippen LogP contribution in [0.3, 0.4) is 0 Å². The minimum absolute atomic E-state index is 0.0609. The molecule has 0 aliphatic heterocycles. The van der Waals surface area contributed by atoms with Gasteiger partial charge in [0, 0.05) is 24.1 Å². The van der Waals surface area contributed by atoms with Crippen molar-refractivity contribution in [3.8, 4) is 5.75 Å². The van der Waals surface area contributed by atoms with E-state index in [1.54, 1.807) is 0 Å². The molecule has 0 unspecified atom stereocenters. The molecule has 0 spiro atoms. The number of benzene rings is 4. The molecule has 0 saturated heterocycles. The van der Waals surface area contributed by atoms with Gasteiger partial charge in [0.15, 0.2) is 0 Å². The van der Waals surface area contributed by atoms with Crippen LogP contribution in [0, 0.1) is 10.1 Å². The summed E-state index contributed by atoms with van der Waals surface area (Å²) in [6, 6.07) is 19.9. The largest absolute Gasteiger partial charge is 0.496 e. The maximum atomic E-state index is 13.4. The normalized spacial score (nSPS) is 11.8. The number of nitrogens with two attached hydrogens (primary N) is 1. The van der Waals surface area contributed by atoms with Crippen molar-refractivity contribution in [1.82, 2.24) is 5.32 Å². The van der Waals surface area contributed by atoms with Crippen LogP contribution in [0.15, 0.2) is 72.8 Å². The molecular weight excluding hydrogens is 422 g/mol. The summed E-state index contributed by atoms with van der Waals surface area (Å²) in [7, 11) is 1.42. The van der Waals surface area contributed by atoms with E-state index in [9.17, 15) is 19.7 Å². The zero-order valence-corrected chi connectivity index (χ0v) is 17.8. The number of non-ortho nitro benzene ring substituents is 1. The average molecular weight is 443 g/mol. The summed E-state index contributed by atoms with van der Waals surface area (Å²) in [4.78, 5) is 36.3. The molecule has 1 atom stereocenters. The lowest BCUT2D eigenvalue weighted by Gasteiger charge is -2.19. The predicted octanol–water partition coefficient (Wildman–Crippen LogP) is 3.74. The number of nitrogens with zero attached hydrogens (tertiary/aromatic N) is 1. The lowest BCUT2D eigenvalue weighted by molar-refractivity contribution is -0.384. The molecule has 3 N–H and O–H groups in total. The summed E-state index contributed by atoms with van der Waals surface area (Å²) in [5.41, 5.74) is 6.26. The number of ether oxygens (including phenoxy) is 1. The van der Waals surface area contributed by atoms with Gasteiger partial charge in [0.1, 0.15) is 11.8 Å². The van der Waals surface area contributed by atoms with Crippen molar-refractivity contribution in [2.24, 2.45) is 5.73 Å². The molecule has 8 nitrogen and oxygen atoms in total. The first kappa shape index (κ1) is 21.8. The summed E-state index contributed by atoms with van der Waals surface area (Å²) >= 11 is 0. The van der Waals surface area contributed by atoms with Gasteiger partial charge in [0.05, 0.1) is 17.6 Å². The van der Waals surface area contributed by atoms with Crippen LogP contribution in [-0.4, -0.2) is 29.9 Å². The zero-order chi connectivity index (χ0) is 23.5. The highest BCUT2D eigenvalue weighted by Crippen LogP contribution is 2.29. The zero-order valence-electron chi connectivity index (χ0n) is 17.8. The van der Waals surface area contributed by atoms with Crippen molar-refractivity contribution in [2.75, 3.05) is 7.11 Å². The molecule has 0 saturated carbocycles. The monoisotopic (exact) mass is 443 g/mol. The number of primary amides is 1. The molecule has 0 aromatic heterocycles. The van der Waals surface area contributed by atoms with Crippen LogP contribution in [0.4, 0.5) is 5.69 Å². The van der Waals surface area contributed by atoms with Gasteiger partial charge < -0.3 is 15.8 Å². The number of nitro benzene ring substituents is 1. The van der Waals surface area contributed by atoms with E-state index < -0.39 is 22.8 Å². The highest BCUT2D eigenvalue weighted by molar-refractivity contribution is 6.18.